The zero-order chi connectivity index (χ0) is 15.9. The van der Waals surface area contributed by atoms with Gasteiger partial charge in [0.2, 0.25) is 0 Å². The van der Waals surface area contributed by atoms with Gasteiger partial charge in [-0.1, -0.05) is 88.3 Å². The molecule has 122 valence electrons. The van der Waals surface area contributed by atoms with Crippen molar-refractivity contribution in [3.05, 3.63) is 59.7 Å². The fourth-order valence-electron chi connectivity index (χ4n) is 3.63. The molecular formula is C22H28O. The summed E-state index contributed by atoms with van der Waals surface area (Å²) in [5, 5.41) is 0. The number of unbranched alkanes of at least 4 members (excludes halogenated alkanes) is 6. The van der Waals surface area contributed by atoms with Gasteiger partial charge in [0.25, 0.3) is 0 Å². The van der Waals surface area contributed by atoms with E-state index in [1.807, 2.05) is 0 Å². The van der Waals surface area contributed by atoms with Crippen molar-refractivity contribution in [2.45, 2.75) is 64.2 Å². The van der Waals surface area contributed by atoms with Gasteiger partial charge in [0.15, 0.2) is 0 Å². The molecule has 0 spiro atoms. The van der Waals surface area contributed by atoms with Gasteiger partial charge < -0.3 is 4.74 Å². The molecule has 1 aliphatic heterocycles. The molecule has 0 unspecified atom stereocenters. The SMILES string of the molecule is CCCCCCCCCC1c2ccccc2Oc2ccccc21. The van der Waals surface area contributed by atoms with Gasteiger partial charge in [0.1, 0.15) is 11.5 Å². The molecule has 23 heavy (non-hydrogen) atoms. The number of benzene rings is 2. The molecule has 0 atom stereocenters. The van der Waals surface area contributed by atoms with Crippen LogP contribution in [0.15, 0.2) is 48.5 Å². The minimum Gasteiger partial charge on any atom is -0.457 e. The molecule has 1 nitrogen and oxygen atoms in total. The quantitative estimate of drug-likeness (QED) is 0.474. The van der Waals surface area contributed by atoms with Crippen LogP contribution in [-0.4, -0.2) is 0 Å². The molecule has 0 saturated heterocycles. The van der Waals surface area contributed by atoms with Crippen molar-refractivity contribution in [1.82, 2.24) is 0 Å². The Morgan fingerprint density at radius 2 is 1.22 bits per heavy atom. The summed E-state index contributed by atoms with van der Waals surface area (Å²) in [5.74, 6) is 2.57. The third-order valence-corrected chi connectivity index (χ3v) is 4.91. The lowest BCUT2D eigenvalue weighted by Gasteiger charge is -2.28. The van der Waals surface area contributed by atoms with Gasteiger partial charge in [-0.2, -0.15) is 0 Å². The average Bonchev–Trinajstić information content (AvgIpc) is 2.60. The highest BCUT2D eigenvalue weighted by Gasteiger charge is 2.25. The van der Waals surface area contributed by atoms with E-state index < -0.39 is 0 Å². The third-order valence-electron chi connectivity index (χ3n) is 4.91. The van der Waals surface area contributed by atoms with E-state index in [1.54, 1.807) is 0 Å². The van der Waals surface area contributed by atoms with E-state index in [2.05, 4.69) is 55.5 Å². The number of para-hydroxylation sites is 2. The monoisotopic (exact) mass is 308 g/mol. The van der Waals surface area contributed by atoms with Gasteiger partial charge in [0.05, 0.1) is 0 Å². The highest BCUT2D eigenvalue weighted by Crippen LogP contribution is 2.45. The molecule has 0 fully saturated rings. The van der Waals surface area contributed by atoms with Crippen molar-refractivity contribution in [3.8, 4) is 11.5 Å². The fourth-order valence-corrected chi connectivity index (χ4v) is 3.63. The summed E-state index contributed by atoms with van der Waals surface area (Å²) in [4.78, 5) is 0. The first-order valence-electron chi connectivity index (χ1n) is 9.26. The molecule has 0 radical (unpaired) electrons. The summed E-state index contributed by atoms with van der Waals surface area (Å²) < 4.78 is 6.08. The normalized spacial score (nSPS) is 13.3. The molecule has 0 N–H and O–H groups in total. The zero-order valence-corrected chi connectivity index (χ0v) is 14.3. The maximum atomic E-state index is 6.08. The molecule has 2 aromatic carbocycles. The zero-order valence-electron chi connectivity index (χ0n) is 14.3. The van der Waals surface area contributed by atoms with E-state index >= 15 is 0 Å². The van der Waals surface area contributed by atoms with Crippen LogP contribution >= 0.6 is 0 Å². The van der Waals surface area contributed by atoms with Crippen molar-refractivity contribution in [2.24, 2.45) is 0 Å². The van der Waals surface area contributed by atoms with E-state index in [4.69, 9.17) is 4.74 Å². The fraction of sp³-hybridized carbons (Fsp3) is 0.455. The molecule has 3 rings (SSSR count). The summed E-state index contributed by atoms with van der Waals surface area (Å²) in [7, 11) is 0. The van der Waals surface area contributed by atoms with Crippen LogP contribution in [0.4, 0.5) is 0 Å². The maximum absolute atomic E-state index is 6.08. The summed E-state index contributed by atoms with van der Waals surface area (Å²) in [6.45, 7) is 2.28. The first kappa shape index (κ1) is 16.1. The van der Waals surface area contributed by atoms with Crippen molar-refractivity contribution in [3.63, 3.8) is 0 Å². The van der Waals surface area contributed by atoms with Crippen molar-refractivity contribution in [1.29, 1.82) is 0 Å². The van der Waals surface area contributed by atoms with Crippen LogP contribution in [0, 0.1) is 0 Å². The Morgan fingerprint density at radius 3 is 1.83 bits per heavy atom. The molecule has 1 heterocycles. The Labute approximate surface area is 140 Å². The third kappa shape index (κ3) is 3.96. The van der Waals surface area contributed by atoms with Gasteiger partial charge in [0, 0.05) is 17.0 Å². The lowest BCUT2D eigenvalue weighted by molar-refractivity contribution is 0.435. The molecule has 1 aliphatic rings. The van der Waals surface area contributed by atoms with Crippen LogP contribution < -0.4 is 4.74 Å². The highest BCUT2D eigenvalue weighted by molar-refractivity contribution is 5.53. The molecule has 0 amide bonds. The van der Waals surface area contributed by atoms with E-state index in [-0.39, 0.29) is 0 Å². The van der Waals surface area contributed by atoms with Crippen molar-refractivity contribution < 1.29 is 4.74 Å². The Morgan fingerprint density at radius 1 is 0.696 bits per heavy atom. The first-order chi connectivity index (χ1) is 11.4. The second kappa shape index (κ2) is 8.19. The maximum Gasteiger partial charge on any atom is 0.131 e. The van der Waals surface area contributed by atoms with Crippen LogP contribution in [0.5, 0.6) is 11.5 Å². The van der Waals surface area contributed by atoms with Crippen LogP contribution in [0.1, 0.15) is 75.3 Å². The Hall–Kier alpha value is -1.76. The smallest absolute Gasteiger partial charge is 0.131 e. The Bertz CT molecular complexity index is 571. The van der Waals surface area contributed by atoms with Crippen LogP contribution in [0.25, 0.3) is 0 Å². The largest absolute Gasteiger partial charge is 0.457 e. The number of rotatable bonds is 8. The predicted molar refractivity (Wildman–Crippen MR) is 97.4 cm³/mol. The summed E-state index contributed by atoms with van der Waals surface area (Å²) >= 11 is 0. The molecule has 0 aromatic heterocycles. The van der Waals surface area contributed by atoms with E-state index in [1.165, 1.54) is 62.5 Å². The Kier molecular flexibility index (Phi) is 5.74. The van der Waals surface area contributed by atoms with E-state index in [0.29, 0.717) is 5.92 Å². The topological polar surface area (TPSA) is 9.23 Å². The van der Waals surface area contributed by atoms with Gasteiger partial charge in [-0.3, -0.25) is 0 Å². The highest BCUT2D eigenvalue weighted by atomic mass is 16.5. The van der Waals surface area contributed by atoms with Crippen LogP contribution in [-0.2, 0) is 0 Å². The minimum absolute atomic E-state index is 0.492. The molecule has 0 bridgehead atoms. The standard InChI is InChI=1S/C22H28O/c1-2-3-4-5-6-7-8-13-18-19-14-9-11-16-21(19)23-22-17-12-10-15-20(18)22/h9-12,14-18H,2-8,13H2,1H3. The van der Waals surface area contributed by atoms with Crippen LogP contribution in [0.2, 0.25) is 0 Å². The van der Waals surface area contributed by atoms with Crippen LogP contribution in [0.3, 0.4) is 0 Å². The molecule has 2 aromatic rings. The number of ether oxygens (including phenoxy) is 1. The molecule has 0 saturated carbocycles. The Balaban J connectivity index is 1.62. The number of hydrogen-bond acceptors (Lipinski definition) is 1. The van der Waals surface area contributed by atoms with Crippen molar-refractivity contribution >= 4 is 0 Å². The molecule has 1 heteroatoms. The minimum atomic E-state index is 0.492. The number of hydrogen-bond donors (Lipinski definition) is 0. The summed E-state index contributed by atoms with van der Waals surface area (Å²) in [5.41, 5.74) is 2.72. The molecule has 0 aliphatic carbocycles. The average molecular weight is 308 g/mol. The van der Waals surface area contributed by atoms with Gasteiger partial charge in [-0.25, -0.2) is 0 Å². The first-order valence-corrected chi connectivity index (χ1v) is 9.26. The predicted octanol–water partition coefficient (Wildman–Crippen LogP) is 7.06. The molecular weight excluding hydrogens is 280 g/mol. The van der Waals surface area contributed by atoms with Gasteiger partial charge in [-0.05, 0) is 18.6 Å². The lowest BCUT2D eigenvalue weighted by atomic mass is 9.84. The van der Waals surface area contributed by atoms with Crippen molar-refractivity contribution in [2.75, 3.05) is 0 Å². The second-order valence-corrected chi connectivity index (χ2v) is 6.64. The lowest BCUT2D eigenvalue weighted by Crippen LogP contribution is -2.10. The summed E-state index contributed by atoms with van der Waals surface area (Å²) in [6.07, 6.45) is 10.8. The van der Waals surface area contributed by atoms with E-state index in [9.17, 15) is 0 Å². The van der Waals surface area contributed by atoms with E-state index in [0.717, 1.165) is 11.5 Å². The van der Waals surface area contributed by atoms with Gasteiger partial charge in [-0.15, -0.1) is 0 Å². The summed E-state index contributed by atoms with van der Waals surface area (Å²) in [6, 6.07) is 17.1. The van der Waals surface area contributed by atoms with Gasteiger partial charge >= 0.3 is 0 Å². The second-order valence-electron chi connectivity index (χ2n) is 6.64. The number of fused-ring (bicyclic) bond motifs is 2.